The van der Waals surface area contributed by atoms with Crippen molar-refractivity contribution >= 4 is 37.5 Å². The summed E-state index contributed by atoms with van der Waals surface area (Å²) in [5.41, 5.74) is 0.911. The molecule has 2 aromatic carbocycles. The van der Waals surface area contributed by atoms with Gasteiger partial charge in [-0.1, -0.05) is 48.5 Å². The lowest BCUT2D eigenvalue weighted by Crippen LogP contribution is -2.23. The fraction of sp³-hybridized carbons (Fsp3) is 0.158. The van der Waals surface area contributed by atoms with Crippen molar-refractivity contribution in [3.05, 3.63) is 71.8 Å². The highest BCUT2D eigenvalue weighted by atomic mass is 31.2. The van der Waals surface area contributed by atoms with Crippen molar-refractivity contribution in [1.29, 1.82) is 0 Å². The molecule has 4 N–H and O–H groups in total. The van der Waals surface area contributed by atoms with Crippen molar-refractivity contribution in [2.75, 3.05) is 0 Å². The van der Waals surface area contributed by atoms with Crippen LogP contribution >= 0.6 is 15.2 Å². The number of Topliss-reactive ketones (excluding diaryl/α,β-unsaturated/α-hetero) is 1. The van der Waals surface area contributed by atoms with Crippen LogP contribution < -0.4 is 0 Å². The van der Waals surface area contributed by atoms with E-state index in [2.05, 4.69) is 15.5 Å². The molecule has 0 aliphatic rings. The van der Waals surface area contributed by atoms with Crippen molar-refractivity contribution in [2.45, 2.75) is 17.7 Å². The molecule has 0 fully saturated rings. The maximum atomic E-state index is 13.0. The van der Waals surface area contributed by atoms with Gasteiger partial charge in [0.2, 0.25) is 0 Å². The lowest BCUT2D eigenvalue weighted by molar-refractivity contribution is 0.0974. The molecule has 0 amide bonds. The first-order chi connectivity index (χ1) is 15.1. The average Bonchev–Trinajstić information content (AvgIpc) is 3.21. The maximum Gasteiger partial charge on any atom is 0.341 e. The molecular weight excluding hydrogens is 458 g/mol. The Morgan fingerprint density at radius 1 is 0.938 bits per heavy atom. The number of hydrogen-bond donors (Lipinski definition) is 4. The zero-order valence-electron chi connectivity index (χ0n) is 16.3. The standard InChI is InChI=1S/C19H18N4O7P2/c24-17(12-6-2-1-3-7-12)11-15(19(31(25,26)27)32(28,29)30)14-10-13-8-4-5-9-16(13)23-18(14)20-21-22-23/h1-10,15,19H,11H2,(H2,25,26,27)(H2,28,29,30). The molecule has 4 aromatic rings. The first-order valence-corrected chi connectivity index (χ1v) is 12.7. The van der Waals surface area contributed by atoms with E-state index in [9.17, 15) is 33.5 Å². The number of carbonyl (C=O) groups is 1. The Balaban J connectivity index is 1.97. The van der Waals surface area contributed by atoms with Crippen LogP contribution in [-0.4, -0.2) is 50.8 Å². The molecule has 2 heterocycles. The van der Waals surface area contributed by atoms with Gasteiger partial charge in [-0.05, 0) is 22.6 Å². The summed E-state index contributed by atoms with van der Waals surface area (Å²) >= 11 is 0. The van der Waals surface area contributed by atoms with Gasteiger partial charge in [-0.15, -0.1) is 5.10 Å². The van der Waals surface area contributed by atoms with Crippen LogP contribution in [0.2, 0.25) is 0 Å². The van der Waals surface area contributed by atoms with E-state index in [1.807, 2.05) is 0 Å². The Hall–Kier alpha value is -2.78. The van der Waals surface area contributed by atoms with Crippen molar-refractivity contribution in [1.82, 2.24) is 20.0 Å². The summed E-state index contributed by atoms with van der Waals surface area (Å²) in [5, 5.41) is 9.51. The van der Waals surface area contributed by atoms with Gasteiger partial charge >= 0.3 is 15.2 Å². The number of ketones is 1. The number of hydrogen-bond acceptors (Lipinski definition) is 6. The maximum absolute atomic E-state index is 13.0. The van der Waals surface area contributed by atoms with E-state index >= 15 is 0 Å². The van der Waals surface area contributed by atoms with Gasteiger partial charge in [0.05, 0.1) is 5.52 Å². The molecule has 0 bridgehead atoms. The van der Waals surface area contributed by atoms with Crippen molar-refractivity contribution in [2.24, 2.45) is 0 Å². The van der Waals surface area contributed by atoms with E-state index in [1.165, 1.54) is 22.7 Å². The lowest BCUT2D eigenvalue weighted by atomic mass is 9.92. The average molecular weight is 476 g/mol. The van der Waals surface area contributed by atoms with Gasteiger partial charge in [-0.2, -0.15) is 4.52 Å². The molecule has 166 valence electrons. The first kappa shape index (κ1) is 22.4. The van der Waals surface area contributed by atoms with Crippen LogP contribution in [0.1, 0.15) is 28.3 Å². The number of nitrogens with zero attached hydrogens (tertiary/aromatic N) is 4. The SMILES string of the molecule is O=C(CC(c1cc2ccccc2n2nnnc12)C(P(=O)(O)O)P(=O)(O)O)c1ccccc1. The van der Waals surface area contributed by atoms with Gasteiger partial charge in [0.1, 0.15) is 0 Å². The number of benzene rings is 2. The van der Waals surface area contributed by atoms with E-state index in [4.69, 9.17) is 0 Å². The predicted molar refractivity (Wildman–Crippen MR) is 114 cm³/mol. The van der Waals surface area contributed by atoms with E-state index in [0.29, 0.717) is 10.9 Å². The molecule has 1 atom stereocenters. The number of carbonyl (C=O) groups excluding carboxylic acids is 1. The summed E-state index contributed by atoms with van der Waals surface area (Å²) < 4.78 is 25.9. The normalized spacial score (nSPS) is 13.7. The predicted octanol–water partition coefficient (Wildman–Crippen LogP) is 2.32. The minimum absolute atomic E-state index is 0.0430. The topological polar surface area (TPSA) is 175 Å². The molecule has 0 radical (unpaired) electrons. The van der Waals surface area contributed by atoms with Crippen LogP contribution in [0.5, 0.6) is 0 Å². The Morgan fingerprint density at radius 3 is 2.22 bits per heavy atom. The molecule has 0 aliphatic carbocycles. The number of tetrazole rings is 1. The molecule has 32 heavy (non-hydrogen) atoms. The number of aromatic nitrogens is 4. The highest BCUT2D eigenvalue weighted by molar-refractivity contribution is 7.71. The van der Waals surface area contributed by atoms with E-state index in [0.717, 1.165) is 0 Å². The third-order valence-corrected chi connectivity index (χ3v) is 9.06. The third kappa shape index (κ3) is 4.27. The fourth-order valence-corrected chi connectivity index (χ4v) is 6.86. The van der Waals surface area contributed by atoms with Crippen LogP contribution in [0.25, 0.3) is 16.6 Å². The van der Waals surface area contributed by atoms with E-state index < -0.39 is 38.7 Å². The highest BCUT2D eigenvalue weighted by Gasteiger charge is 2.50. The zero-order chi connectivity index (χ0) is 23.1. The molecule has 0 saturated heterocycles. The van der Waals surface area contributed by atoms with Gasteiger partial charge in [0.25, 0.3) is 0 Å². The molecule has 2 aromatic heterocycles. The summed E-state index contributed by atoms with van der Waals surface area (Å²) in [4.78, 5) is 52.6. The van der Waals surface area contributed by atoms with Gasteiger partial charge in [0.15, 0.2) is 16.8 Å². The van der Waals surface area contributed by atoms with Crippen LogP contribution in [0, 0.1) is 0 Å². The lowest BCUT2D eigenvalue weighted by Gasteiger charge is -2.28. The zero-order valence-corrected chi connectivity index (χ0v) is 18.1. The molecular formula is C19H18N4O7P2. The van der Waals surface area contributed by atoms with Crippen LogP contribution in [0.3, 0.4) is 0 Å². The second-order valence-electron chi connectivity index (χ2n) is 7.26. The molecule has 0 saturated carbocycles. The number of para-hydroxylation sites is 1. The van der Waals surface area contributed by atoms with Gasteiger partial charge in [-0.25, -0.2) is 0 Å². The quantitative estimate of drug-likeness (QED) is 0.229. The summed E-state index contributed by atoms with van der Waals surface area (Å²) in [6.45, 7) is 0. The number of fused-ring (bicyclic) bond motifs is 3. The first-order valence-electron chi connectivity index (χ1n) is 9.36. The van der Waals surface area contributed by atoms with E-state index in [1.54, 1.807) is 42.5 Å². The smallest absolute Gasteiger partial charge is 0.324 e. The molecule has 13 heteroatoms. The van der Waals surface area contributed by atoms with Crippen LogP contribution in [-0.2, 0) is 9.13 Å². The molecule has 11 nitrogen and oxygen atoms in total. The second kappa shape index (κ2) is 8.29. The Bertz CT molecular complexity index is 1370. The van der Waals surface area contributed by atoms with Gasteiger partial charge in [0, 0.05) is 28.9 Å². The Kier molecular flexibility index (Phi) is 5.81. The summed E-state index contributed by atoms with van der Waals surface area (Å²) in [5.74, 6) is -2.11. The van der Waals surface area contributed by atoms with E-state index in [-0.39, 0.29) is 16.8 Å². The second-order valence-corrected chi connectivity index (χ2v) is 11.1. The molecule has 0 spiro atoms. The molecule has 0 aliphatic heterocycles. The van der Waals surface area contributed by atoms with Gasteiger partial charge in [-0.3, -0.25) is 13.9 Å². The van der Waals surface area contributed by atoms with Crippen LogP contribution in [0.15, 0.2) is 60.7 Å². The summed E-state index contributed by atoms with van der Waals surface area (Å²) in [6, 6.07) is 16.3. The third-order valence-electron chi connectivity index (χ3n) is 5.15. The molecule has 4 rings (SSSR count). The number of pyridine rings is 1. The van der Waals surface area contributed by atoms with Crippen molar-refractivity contribution in [3.8, 4) is 0 Å². The Morgan fingerprint density at radius 2 is 1.56 bits per heavy atom. The minimum atomic E-state index is -5.38. The van der Waals surface area contributed by atoms with Crippen molar-refractivity contribution in [3.63, 3.8) is 0 Å². The number of rotatable bonds is 7. The Labute approximate surface area is 181 Å². The fourth-order valence-electron chi connectivity index (χ4n) is 3.82. The van der Waals surface area contributed by atoms with Gasteiger partial charge < -0.3 is 19.6 Å². The highest BCUT2D eigenvalue weighted by Crippen LogP contribution is 2.65. The van der Waals surface area contributed by atoms with Crippen LogP contribution in [0.4, 0.5) is 0 Å². The largest absolute Gasteiger partial charge is 0.341 e. The summed E-state index contributed by atoms with van der Waals surface area (Å²) in [7, 11) is -10.8. The van der Waals surface area contributed by atoms with Crippen molar-refractivity contribution < 1.29 is 33.5 Å². The monoisotopic (exact) mass is 476 g/mol. The minimum Gasteiger partial charge on any atom is -0.324 e. The molecule has 1 unspecified atom stereocenters. The summed E-state index contributed by atoms with van der Waals surface area (Å²) in [6.07, 6.45) is -0.578.